The van der Waals surface area contributed by atoms with Crippen LogP contribution in [0, 0.1) is 0 Å². The normalized spacial score (nSPS) is 19.1. The predicted octanol–water partition coefficient (Wildman–Crippen LogP) is 0.162. The monoisotopic (exact) mass is 244 g/mol. The Morgan fingerprint density at radius 2 is 2.12 bits per heavy atom. The highest BCUT2D eigenvalue weighted by atomic mass is 16.5. The number of ether oxygens (including phenoxy) is 1. The van der Waals surface area contributed by atoms with Crippen molar-refractivity contribution in [3.05, 3.63) is 0 Å². The summed E-state index contributed by atoms with van der Waals surface area (Å²) in [5.41, 5.74) is 5.09. The lowest BCUT2D eigenvalue weighted by molar-refractivity contribution is -0.120. The summed E-state index contributed by atoms with van der Waals surface area (Å²) in [7, 11) is 0. The molecule has 0 aromatic heterocycles. The fraction of sp³-hybridized carbons (Fsp3) is 0.917. The molecule has 1 fully saturated rings. The molecule has 0 radical (unpaired) electrons. The van der Waals surface area contributed by atoms with E-state index in [1.807, 2.05) is 0 Å². The van der Waals surface area contributed by atoms with Crippen LogP contribution in [0.3, 0.4) is 0 Å². The van der Waals surface area contributed by atoms with E-state index in [0.717, 1.165) is 6.42 Å². The first-order valence-corrected chi connectivity index (χ1v) is 6.49. The van der Waals surface area contributed by atoms with E-state index >= 15 is 0 Å². The number of primary amides is 1. The van der Waals surface area contributed by atoms with Gasteiger partial charge < -0.3 is 20.9 Å². The van der Waals surface area contributed by atoms with Crippen LogP contribution >= 0.6 is 0 Å². The van der Waals surface area contributed by atoms with E-state index < -0.39 is 11.9 Å². The molecule has 100 valence electrons. The van der Waals surface area contributed by atoms with Crippen molar-refractivity contribution in [3.63, 3.8) is 0 Å². The summed E-state index contributed by atoms with van der Waals surface area (Å²) in [5, 5.41) is 11.8. The van der Waals surface area contributed by atoms with E-state index in [0.29, 0.717) is 19.3 Å². The van der Waals surface area contributed by atoms with Gasteiger partial charge in [-0.3, -0.25) is 4.79 Å². The minimum atomic E-state index is -0.635. The maximum absolute atomic E-state index is 10.8. The lowest BCUT2D eigenvalue weighted by atomic mass is 9.98. The quantitative estimate of drug-likeness (QED) is 0.531. The minimum absolute atomic E-state index is 0.251. The van der Waals surface area contributed by atoms with Gasteiger partial charge in [0.15, 0.2) is 0 Å². The Balaban J connectivity index is 1.98. The van der Waals surface area contributed by atoms with Crippen molar-refractivity contribution in [3.8, 4) is 0 Å². The predicted molar refractivity (Wildman–Crippen MR) is 65.5 cm³/mol. The molecular formula is C12H24N2O3. The zero-order valence-electron chi connectivity index (χ0n) is 10.4. The first-order chi connectivity index (χ1) is 8.24. The van der Waals surface area contributed by atoms with E-state index in [2.05, 4.69) is 5.32 Å². The lowest BCUT2D eigenvalue weighted by Crippen LogP contribution is -2.44. The van der Waals surface area contributed by atoms with Crippen molar-refractivity contribution in [2.24, 2.45) is 5.73 Å². The molecule has 0 aromatic rings. The fourth-order valence-electron chi connectivity index (χ4n) is 2.09. The highest BCUT2D eigenvalue weighted by Gasteiger charge is 2.14. The molecule has 1 amide bonds. The molecule has 4 N–H and O–H groups in total. The Morgan fingerprint density at radius 3 is 2.71 bits per heavy atom. The topological polar surface area (TPSA) is 84.6 Å². The molecule has 1 atom stereocenters. The highest BCUT2D eigenvalue weighted by Crippen LogP contribution is 2.20. The second-order valence-corrected chi connectivity index (χ2v) is 4.58. The number of nitrogens with two attached hydrogens (primary N) is 1. The molecule has 0 aromatic carbocycles. The Labute approximate surface area is 103 Å². The number of aliphatic hydroxyl groups excluding tert-OH is 1. The number of carbonyl (C=O) groups excluding carboxylic acids is 1. The molecule has 1 aliphatic carbocycles. The van der Waals surface area contributed by atoms with Gasteiger partial charge >= 0.3 is 0 Å². The molecule has 0 saturated heterocycles. The van der Waals surface area contributed by atoms with Gasteiger partial charge in [0.1, 0.15) is 6.04 Å². The molecule has 1 saturated carbocycles. The Bertz CT molecular complexity index is 218. The zero-order chi connectivity index (χ0) is 12.5. The zero-order valence-corrected chi connectivity index (χ0v) is 10.4. The number of rotatable bonds is 8. The standard InChI is InChI=1S/C12H24N2O3/c13-12(16)11(9-15)14-7-4-8-17-10-5-2-1-3-6-10/h10-11,14-15H,1-9H2,(H2,13,16)/t11-/m0/s1. The maximum Gasteiger partial charge on any atom is 0.236 e. The van der Waals surface area contributed by atoms with Crippen LogP contribution in [-0.4, -0.2) is 42.9 Å². The summed E-state index contributed by atoms with van der Waals surface area (Å²) in [6.07, 6.45) is 7.49. The van der Waals surface area contributed by atoms with Gasteiger partial charge in [0.05, 0.1) is 12.7 Å². The Kier molecular flexibility index (Phi) is 7.16. The lowest BCUT2D eigenvalue weighted by Gasteiger charge is -2.22. The Hall–Kier alpha value is -0.650. The van der Waals surface area contributed by atoms with Crippen LogP contribution in [0.1, 0.15) is 38.5 Å². The summed E-state index contributed by atoms with van der Waals surface area (Å²) < 4.78 is 5.74. The average Bonchev–Trinajstić information content (AvgIpc) is 2.34. The van der Waals surface area contributed by atoms with Crippen LogP contribution in [0.5, 0.6) is 0 Å². The highest BCUT2D eigenvalue weighted by molar-refractivity contribution is 5.79. The number of amides is 1. The van der Waals surface area contributed by atoms with Gasteiger partial charge in [0.2, 0.25) is 5.91 Å². The van der Waals surface area contributed by atoms with Crippen LogP contribution in [0.4, 0.5) is 0 Å². The van der Waals surface area contributed by atoms with Crippen molar-refractivity contribution in [1.29, 1.82) is 0 Å². The van der Waals surface area contributed by atoms with Crippen molar-refractivity contribution < 1.29 is 14.6 Å². The van der Waals surface area contributed by atoms with Crippen molar-refractivity contribution in [1.82, 2.24) is 5.32 Å². The number of carbonyl (C=O) groups is 1. The van der Waals surface area contributed by atoms with Gasteiger partial charge in [0.25, 0.3) is 0 Å². The minimum Gasteiger partial charge on any atom is -0.394 e. The van der Waals surface area contributed by atoms with Crippen LogP contribution in [0.15, 0.2) is 0 Å². The second-order valence-electron chi connectivity index (χ2n) is 4.58. The van der Waals surface area contributed by atoms with Crippen LogP contribution < -0.4 is 11.1 Å². The number of aliphatic hydroxyl groups is 1. The molecular weight excluding hydrogens is 220 g/mol. The van der Waals surface area contributed by atoms with Gasteiger partial charge in [-0.1, -0.05) is 19.3 Å². The van der Waals surface area contributed by atoms with E-state index in [9.17, 15) is 4.79 Å². The third kappa shape index (κ3) is 6.00. The second kappa shape index (κ2) is 8.44. The number of hydrogen-bond acceptors (Lipinski definition) is 4. The van der Waals surface area contributed by atoms with E-state index in [4.69, 9.17) is 15.6 Å². The van der Waals surface area contributed by atoms with Crippen molar-refractivity contribution in [2.75, 3.05) is 19.8 Å². The molecule has 0 spiro atoms. The van der Waals surface area contributed by atoms with Gasteiger partial charge in [-0.05, 0) is 25.8 Å². The van der Waals surface area contributed by atoms with E-state index in [1.54, 1.807) is 0 Å². The summed E-state index contributed by atoms with van der Waals surface area (Å²) in [6.45, 7) is 1.09. The summed E-state index contributed by atoms with van der Waals surface area (Å²) in [6, 6.07) is -0.635. The third-order valence-corrected chi connectivity index (χ3v) is 3.14. The smallest absolute Gasteiger partial charge is 0.236 e. The Morgan fingerprint density at radius 1 is 1.41 bits per heavy atom. The SMILES string of the molecule is NC(=O)[C@H](CO)NCCCOC1CCCCC1. The first kappa shape index (κ1) is 14.4. The van der Waals surface area contributed by atoms with Crippen molar-refractivity contribution >= 4 is 5.91 Å². The molecule has 0 aliphatic heterocycles. The van der Waals surface area contributed by atoms with E-state index in [-0.39, 0.29) is 6.61 Å². The summed E-state index contributed by atoms with van der Waals surface area (Å²) >= 11 is 0. The maximum atomic E-state index is 10.8. The van der Waals surface area contributed by atoms with E-state index in [1.165, 1.54) is 32.1 Å². The van der Waals surface area contributed by atoms with Gasteiger partial charge in [-0.2, -0.15) is 0 Å². The van der Waals surface area contributed by atoms with Crippen molar-refractivity contribution in [2.45, 2.75) is 50.7 Å². The summed E-state index contributed by atoms with van der Waals surface area (Å²) in [4.78, 5) is 10.8. The van der Waals surface area contributed by atoms with Crippen LogP contribution in [0.25, 0.3) is 0 Å². The molecule has 5 heteroatoms. The number of nitrogens with one attached hydrogen (secondary N) is 1. The average molecular weight is 244 g/mol. The molecule has 0 heterocycles. The molecule has 1 aliphatic rings. The molecule has 0 bridgehead atoms. The van der Waals surface area contributed by atoms with Crippen LogP contribution in [-0.2, 0) is 9.53 Å². The largest absolute Gasteiger partial charge is 0.394 e. The van der Waals surface area contributed by atoms with Crippen LogP contribution in [0.2, 0.25) is 0 Å². The molecule has 5 nitrogen and oxygen atoms in total. The van der Waals surface area contributed by atoms with Gasteiger partial charge in [-0.15, -0.1) is 0 Å². The van der Waals surface area contributed by atoms with Gasteiger partial charge in [-0.25, -0.2) is 0 Å². The number of hydrogen-bond donors (Lipinski definition) is 3. The first-order valence-electron chi connectivity index (χ1n) is 6.49. The molecule has 17 heavy (non-hydrogen) atoms. The summed E-state index contributed by atoms with van der Waals surface area (Å²) in [5.74, 6) is -0.513. The fourth-order valence-corrected chi connectivity index (χ4v) is 2.09. The van der Waals surface area contributed by atoms with Gasteiger partial charge in [0, 0.05) is 6.61 Å². The molecule has 1 rings (SSSR count). The molecule has 0 unspecified atom stereocenters. The third-order valence-electron chi connectivity index (χ3n) is 3.14.